The third-order valence-electron chi connectivity index (χ3n) is 4.77. The first-order valence-corrected chi connectivity index (χ1v) is 8.48. The molecule has 132 valence electrons. The molecule has 1 fully saturated rings. The predicted octanol–water partition coefficient (Wildman–Crippen LogP) is 3.57. The smallest absolute Gasteiger partial charge is 0.233 e. The van der Waals surface area contributed by atoms with E-state index in [2.05, 4.69) is 10.1 Å². The van der Waals surface area contributed by atoms with E-state index in [1.54, 1.807) is 42.4 Å². The summed E-state index contributed by atoms with van der Waals surface area (Å²) in [6.45, 7) is 0.273. The summed E-state index contributed by atoms with van der Waals surface area (Å²) in [5, 5.41) is 4.01. The van der Waals surface area contributed by atoms with Crippen LogP contribution >= 0.6 is 0 Å². The van der Waals surface area contributed by atoms with Gasteiger partial charge in [-0.15, -0.1) is 0 Å². The normalized spacial score (nSPS) is 14.8. The van der Waals surface area contributed by atoms with Crippen LogP contribution in [-0.4, -0.2) is 28.0 Å². The number of nitrogens with zero attached hydrogens (tertiary/aromatic N) is 3. The van der Waals surface area contributed by atoms with Gasteiger partial charge < -0.3 is 9.42 Å². The van der Waals surface area contributed by atoms with Gasteiger partial charge in [-0.1, -0.05) is 29.4 Å². The van der Waals surface area contributed by atoms with Crippen LogP contribution in [0, 0.1) is 5.82 Å². The summed E-state index contributed by atoms with van der Waals surface area (Å²) < 4.78 is 19.5. The van der Waals surface area contributed by atoms with Gasteiger partial charge in [-0.25, -0.2) is 4.39 Å². The van der Waals surface area contributed by atoms with Crippen molar-refractivity contribution in [1.29, 1.82) is 0 Å². The van der Waals surface area contributed by atoms with Crippen LogP contribution in [0.15, 0.2) is 59.3 Å². The monoisotopic (exact) mass is 351 g/mol. The molecule has 2 aromatic heterocycles. The Labute approximate surface area is 150 Å². The summed E-state index contributed by atoms with van der Waals surface area (Å²) in [4.78, 5) is 18.7. The number of aromatic nitrogens is 2. The number of amides is 1. The van der Waals surface area contributed by atoms with Crippen molar-refractivity contribution in [3.8, 4) is 11.4 Å². The second-order valence-corrected chi connectivity index (χ2v) is 6.62. The van der Waals surface area contributed by atoms with Crippen molar-refractivity contribution in [1.82, 2.24) is 15.0 Å². The van der Waals surface area contributed by atoms with Gasteiger partial charge in [0.05, 0.1) is 17.7 Å². The van der Waals surface area contributed by atoms with Gasteiger partial charge >= 0.3 is 0 Å². The van der Waals surface area contributed by atoms with Crippen LogP contribution in [-0.2, 0) is 16.8 Å². The first-order valence-electron chi connectivity index (χ1n) is 8.48. The molecule has 0 N–H and O–H groups in total. The Bertz CT molecular complexity index is 935. The Morgan fingerprint density at radius 1 is 1.19 bits per heavy atom. The summed E-state index contributed by atoms with van der Waals surface area (Å²) in [5.41, 5.74) is 1.06. The minimum atomic E-state index is -0.746. The van der Waals surface area contributed by atoms with Gasteiger partial charge in [0.25, 0.3) is 0 Å². The maximum atomic E-state index is 14.2. The third-order valence-corrected chi connectivity index (χ3v) is 4.77. The van der Waals surface area contributed by atoms with E-state index < -0.39 is 5.41 Å². The minimum Gasteiger partial charge on any atom is -0.359 e. The maximum Gasteiger partial charge on any atom is 0.233 e. The van der Waals surface area contributed by atoms with Gasteiger partial charge in [-0.2, -0.15) is 0 Å². The number of likely N-dealkylation sites (N-methyl/N-ethyl adjacent to an activating group) is 1. The number of halogens is 1. The average molecular weight is 351 g/mol. The molecule has 0 unspecified atom stereocenters. The van der Waals surface area contributed by atoms with E-state index in [4.69, 9.17) is 4.52 Å². The first kappa shape index (κ1) is 16.4. The Morgan fingerprint density at radius 2 is 1.96 bits per heavy atom. The molecular weight excluding hydrogens is 333 g/mol. The number of hydrogen-bond donors (Lipinski definition) is 0. The molecule has 1 aliphatic rings. The molecule has 6 heteroatoms. The van der Waals surface area contributed by atoms with Gasteiger partial charge in [0.2, 0.25) is 5.91 Å². The predicted molar refractivity (Wildman–Crippen MR) is 93.5 cm³/mol. The summed E-state index contributed by atoms with van der Waals surface area (Å²) in [6.07, 6.45) is 3.00. The van der Waals surface area contributed by atoms with Crippen LogP contribution < -0.4 is 0 Å². The fraction of sp³-hybridized carbons (Fsp3) is 0.250. The minimum absolute atomic E-state index is 0.0987. The molecule has 0 saturated heterocycles. The molecule has 2 heterocycles. The fourth-order valence-electron chi connectivity index (χ4n) is 3.27. The Hall–Kier alpha value is -3.02. The van der Waals surface area contributed by atoms with Gasteiger partial charge in [0.15, 0.2) is 5.76 Å². The lowest BCUT2D eigenvalue weighted by Crippen LogP contribution is -2.36. The number of hydrogen-bond acceptors (Lipinski definition) is 4. The van der Waals surface area contributed by atoms with E-state index in [1.807, 2.05) is 18.2 Å². The van der Waals surface area contributed by atoms with Crippen molar-refractivity contribution in [2.75, 3.05) is 7.05 Å². The maximum absolute atomic E-state index is 14.2. The lowest BCUT2D eigenvalue weighted by atomic mass is 9.94. The number of benzene rings is 1. The summed E-state index contributed by atoms with van der Waals surface area (Å²) in [6, 6.07) is 13.8. The molecule has 0 bridgehead atoms. The van der Waals surface area contributed by atoms with E-state index in [0.717, 1.165) is 0 Å². The summed E-state index contributed by atoms with van der Waals surface area (Å²) in [5.74, 6) is 0.132. The first-order chi connectivity index (χ1) is 12.6. The van der Waals surface area contributed by atoms with Gasteiger partial charge in [-0.3, -0.25) is 9.78 Å². The van der Waals surface area contributed by atoms with Crippen molar-refractivity contribution in [3.63, 3.8) is 0 Å². The highest BCUT2D eigenvalue weighted by molar-refractivity contribution is 5.91. The van der Waals surface area contributed by atoms with E-state index in [1.165, 1.54) is 6.07 Å². The zero-order chi connectivity index (χ0) is 18.1. The van der Waals surface area contributed by atoms with E-state index in [0.29, 0.717) is 35.6 Å². The van der Waals surface area contributed by atoms with Crippen molar-refractivity contribution >= 4 is 5.91 Å². The molecule has 0 atom stereocenters. The highest BCUT2D eigenvalue weighted by atomic mass is 19.1. The molecule has 1 aromatic carbocycles. The van der Waals surface area contributed by atoms with Crippen molar-refractivity contribution in [2.45, 2.75) is 24.8 Å². The Balaban J connectivity index is 1.50. The van der Waals surface area contributed by atoms with Crippen LogP contribution in [0.5, 0.6) is 0 Å². The second kappa shape index (κ2) is 6.37. The molecule has 5 nitrogen and oxygen atoms in total. The van der Waals surface area contributed by atoms with Crippen LogP contribution in [0.1, 0.15) is 24.2 Å². The Kier molecular flexibility index (Phi) is 4.03. The number of rotatable bonds is 5. The highest BCUT2D eigenvalue weighted by Crippen LogP contribution is 2.50. The van der Waals surface area contributed by atoms with Gasteiger partial charge in [-0.05, 0) is 31.0 Å². The van der Waals surface area contributed by atoms with Gasteiger partial charge in [0.1, 0.15) is 11.5 Å². The Morgan fingerprint density at radius 3 is 2.65 bits per heavy atom. The molecule has 1 amide bonds. The second-order valence-electron chi connectivity index (χ2n) is 6.62. The van der Waals surface area contributed by atoms with Crippen LogP contribution in [0.3, 0.4) is 0 Å². The lowest BCUT2D eigenvalue weighted by Gasteiger charge is -2.23. The van der Waals surface area contributed by atoms with E-state index >= 15 is 0 Å². The van der Waals surface area contributed by atoms with Crippen molar-refractivity contribution in [3.05, 3.63) is 71.9 Å². The van der Waals surface area contributed by atoms with Crippen LogP contribution in [0.2, 0.25) is 0 Å². The van der Waals surface area contributed by atoms with Crippen molar-refractivity contribution in [2.24, 2.45) is 0 Å². The molecule has 3 aromatic rings. The summed E-state index contributed by atoms with van der Waals surface area (Å²) >= 11 is 0. The molecule has 1 saturated carbocycles. The topological polar surface area (TPSA) is 59.2 Å². The fourth-order valence-corrected chi connectivity index (χ4v) is 3.27. The van der Waals surface area contributed by atoms with Crippen molar-refractivity contribution < 1.29 is 13.7 Å². The SMILES string of the molecule is CN(Cc1cc(-c2ccccn2)no1)C(=O)C1(c2ccccc2F)CC1. The molecule has 0 aliphatic heterocycles. The highest BCUT2D eigenvalue weighted by Gasteiger charge is 2.53. The number of carbonyl (C=O) groups excluding carboxylic acids is 1. The number of pyridine rings is 1. The van der Waals surface area contributed by atoms with Crippen LogP contribution in [0.25, 0.3) is 11.4 Å². The third kappa shape index (κ3) is 2.87. The zero-order valence-corrected chi connectivity index (χ0v) is 14.4. The van der Waals surface area contributed by atoms with Crippen LogP contribution in [0.4, 0.5) is 4.39 Å². The molecule has 4 rings (SSSR count). The molecule has 26 heavy (non-hydrogen) atoms. The van der Waals surface area contributed by atoms with E-state index in [9.17, 15) is 9.18 Å². The molecular formula is C20H18FN3O2. The number of carbonyl (C=O) groups is 1. The average Bonchev–Trinajstić information content (AvgIpc) is 3.34. The lowest BCUT2D eigenvalue weighted by molar-refractivity contribution is -0.133. The molecule has 0 spiro atoms. The zero-order valence-electron chi connectivity index (χ0n) is 14.4. The van der Waals surface area contributed by atoms with Gasteiger partial charge in [0, 0.05) is 24.9 Å². The standard InChI is InChI=1S/C20H18FN3O2/c1-24(13-14-12-18(23-26-14)17-8-4-5-11-22-17)19(25)20(9-10-20)15-6-2-3-7-16(15)21/h2-8,11-12H,9-10,13H2,1H3. The molecule has 0 radical (unpaired) electrons. The van der Waals surface area contributed by atoms with E-state index in [-0.39, 0.29) is 18.3 Å². The summed E-state index contributed by atoms with van der Waals surface area (Å²) in [7, 11) is 1.70. The quantitative estimate of drug-likeness (QED) is 0.705. The largest absolute Gasteiger partial charge is 0.359 e. The molecule has 1 aliphatic carbocycles.